The number of aryl methyl sites for hydroxylation is 4. The van der Waals surface area contributed by atoms with Gasteiger partial charge in [-0.05, 0) is 44.9 Å². The Balaban J connectivity index is 1.94. The molecule has 1 heterocycles. The highest BCUT2D eigenvalue weighted by Crippen LogP contribution is 2.35. The lowest BCUT2D eigenvalue weighted by molar-refractivity contribution is 1.05. The van der Waals surface area contributed by atoms with Crippen molar-refractivity contribution < 1.29 is 0 Å². The third-order valence-corrected chi connectivity index (χ3v) is 5.15. The maximum Gasteiger partial charge on any atom is 0.101 e. The number of hydrogen-bond acceptors (Lipinski definition) is 2. The second kappa shape index (κ2) is 7.40. The minimum Gasteiger partial charge on any atom is -0.150 e. The second-order valence-corrected chi connectivity index (χ2v) is 7.54. The molecule has 0 aliphatic heterocycles. The summed E-state index contributed by atoms with van der Waals surface area (Å²) >= 11 is 0. The van der Waals surface area contributed by atoms with Gasteiger partial charge in [0.15, 0.2) is 0 Å². The number of aromatic nitrogens is 2. The van der Waals surface area contributed by atoms with E-state index in [0.717, 1.165) is 28.1 Å². The van der Waals surface area contributed by atoms with Gasteiger partial charge in [0.2, 0.25) is 0 Å². The van der Waals surface area contributed by atoms with E-state index >= 15 is 0 Å². The molecule has 0 unspecified atom stereocenters. The zero-order valence-electron chi connectivity index (χ0n) is 16.8. The molecular formula is C26H24N2. The number of nitrogens with zero attached hydrogens (tertiary/aromatic N) is 2. The molecule has 3 aromatic carbocycles. The molecule has 0 fully saturated rings. The zero-order chi connectivity index (χ0) is 19.7. The Kier molecular flexibility index (Phi) is 4.79. The quantitative estimate of drug-likeness (QED) is 0.404. The first-order valence-corrected chi connectivity index (χ1v) is 9.61. The Labute approximate surface area is 166 Å². The fourth-order valence-electron chi connectivity index (χ4n) is 3.41. The van der Waals surface area contributed by atoms with E-state index in [1.807, 2.05) is 0 Å². The minimum absolute atomic E-state index is 0.895. The van der Waals surface area contributed by atoms with E-state index in [9.17, 15) is 0 Å². The topological polar surface area (TPSA) is 25.8 Å². The Hall–Kier alpha value is -3.26. The van der Waals surface area contributed by atoms with Gasteiger partial charge in [-0.3, -0.25) is 0 Å². The van der Waals surface area contributed by atoms with Crippen LogP contribution < -0.4 is 0 Å². The van der Waals surface area contributed by atoms with Gasteiger partial charge in [-0.25, -0.2) is 0 Å². The van der Waals surface area contributed by atoms with Crippen LogP contribution in [-0.2, 0) is 0 Å². The third kappa shape index (κ3) is 3.59. The average molecular weight is 364 g/mol. The molecule has 0 aliphatic rings. The maximum absolute atomic E-state index is 4.67. The van der Waals surface area contributed by atoms with Crippen LogP contribution in [-0.4, -0.2) is 10.2 Å². The molecule has 0 saturated carbocycles. The van der Waals surface area contributed by atoms with Crippen molar-refractivity contribution in [3.8, 4) is 33.6 Å². The largest absolute Gasteiger partial charge is 0.150 e. The van der Waals surface area contributed by atoms with E-state index in [-0.39, 0.29) is 0 Å². The molecule has 138 valence electrons. The summed E-state index contributed by atoms with van der Waals surface area (Å²) in [4.78, 5) is 0. The fourth-order valence-corrected chi connectivity index (χ4v) is 3.41. The minimum atomic E-state index is 0.895. The summed E-state index contributed by atoms with van der Waals surface area (Å²) in [6, 6.07) is 25.7. The predicted molar refractivity (Wildman–Crippen MR) is 117 cm³/mol. The molecule has 0 atom stereocenters. The summed E-state index contributed by atoms with van der Waals surface area (Å²) in [6.07, 6.45) is 0. The summed E-state index contributed by atoms with van der Waals surface area (Å²) in [5.41, 5.74) is 11.3. The van der Waals surface area contributed by atoms with Crippen LogP contribution in [0.25, 0.3) is 33.6 Å². The van der Waals surface area contributed by atoms with Gasteiger partial charge >= 0.3 is 0 Å². The van der Waals surface area contributed by atoms with Gasteiger partial charge in [-0.2, -0.15) is 0 Å². The van der Waals surface area contributed by atoms with E-state index in [1.165, 1.54) is 27.8 Å². The van der Waals surface area contributed by atoms with Crippen molar-refractivity contribution in [1.82, 2.24) is 10.2 Å². The highest BCUT2D eigenvalue weighted by atomic mass is 15.1. The third-order valence-electron chi connectivity index (χ3n) is 5.15. The maximum atomic E-state index is 4.67. The molecule has 0 aliphatic carbocycles. The summed E-state index contributed by atoms with van der Waals surface area (Å²) in [5.74, 6) is 0. The molecule has 2 heteroatoms. The molecule has 0 radical (unpaired) electrons. The smallest absolute Gasteiger partial charge is 0.101 e. The second-order valence-electron chi connectivity index (χ2n) is 7.54. The van der Waals surface area contributed by atoms with Gasteiger partial charge in [-0.15, -0.1) is 10.2 Å². The van der Waals surface area contributed by atoms with Gasteiger partial charge in [-0.1, -0.05) is 83.4 Å². The number of rotatable bonds is 3. The first-order chi connectivity index (χ1) is 13.5. The van der Waals surface area contributed by atoms with Crippen LogP contribution in [0.15, 0.2) is 72.8 Å². The van der Waals surface area contributed by atoms with E-state index in [0.29, 0.717) is 0 Å². The number of hydrogen-bond donors (Lipinski definition) is 0. The van der Waals surface area contributed by atoms with Crippen LogP contribution in [0.1, 0.15) is 22.3 Å². The van der Waals surface area contributed by atoms with Crippen LogP contribution in [0.5, 0.6) is 0 Å². The van der Waals surface area contributed by atoms with Crippen molar-refractivity contribution >= 4 is 0 Å². The van der Waals surface area contributed by atoms with E-state index in [4.69, 9.17) is 0 Å². The van der Waals surface area contributed by atoms with Crippen molar-refractivity contribution in [2.45, 2.75) is 27.7 Å². The lowest BCUT2D eigenvalue weighted by Crippen LogP contribution is -1.97. The van der Waals surface area contributed by atoms with Gasteiger partial charge in [0.25, 0.3) is 0 Å². The molecule has 0 saturated heterocycles. The molecular weight excluding hydrogens is 340 g/mol. The van der Waals surface area contributed by atoms with Gasteiger partial charge in [0, 0.05) is 16.7 Å². The van der Waals surface area contributed by atoms with Crippen LogP contribution in [0.2, 0.25) is 0 Å². The summed E-state index contributed by atoms with van der Waals surface area (Å²) in [7, 11) is 0. The van der Waals surface area contributed by atoms with Crippen molar-refractivity contribution in [2.75, 3.05) is 0 Å². The van der Waals surface area contributed by atoms with Crippen LogP contribution in [0.3, 0.4) is 0 Å². The van der Waals surface area contributed by atoms with Crippen LogP contribution in [0.4, 0.5) is 0 Å². The average Bonchev–Trinajstić information content (AvgIpc) is 2.71. The van der Waals surface area contributed by atoms with Crippen molar-refractivity contribution in [3.63, 3.8) is 0 Å². The van der Waals surface area contributed by atoms with E-state index < -0.39 is 0 Å². The van der Waals surface area contributed by atoms with E-state index in [1.54, 1.807) is 0 Å². The Bertz CT molecular complexity index is 1120. The van der Waals surface area contributed by atoms with Crippen molar-refractivity contribution in [2.24, 2.45) is 0 Å². The standard InChI is InChI=1S/C26H24N2/c1-17-6-11-21(12-7-17)25-16-24(23-15-19(3)5-10-20(23)4)26(28-27-25)22-13-8-18(2)9-14-22/h5-16H,1-4H3. The lowest BCUT2D eigenvalue weighted by Gasteiger charge is -2.14. The monoisotopic (exact) mass is 364 g/mol. The predicted octanol–water partition coefficient (Wildman–Crippen LogP) is 6.71. The summed E-state index contributed by atoms with van der Waals surface area (Å²) in [5, 5.41) is 9.24. The molecule has 0 amide bonds. The van der Waals surface area contributed by atoms with Crippen molar-refractivity contribution in [1.29, 1.82) is 0 Å². The SMILES string of the molecule is Cc1ccc(-c2cc(-c3cc(C)ccc3C)c(-c3ccc(C)cc3)nn2)cc1. The van der Waals surface area contributed by atoms with Crippen molar-refractivity contribution in [3.05, 3.63) is 95.1 Å². The fraction of sp³-hybridized carbons (Fsp3) is 0.154. The highest BCUT2D eigenvalue weighted by molar-refractivity contribution is 5.84. The molecule has 0 N–H and O–H groups in total. The molecule has 4 aromatic rings. The molecule has 4 rings (SSSR count). The molecule has 2 nitrogen and oxygen atoms in total. The van der Waals surface area contributed by atoms with Crippen LogP contribution in [0, 0.1) is 27.7 Å². The zero-order valence-corrected chi connectivity index (χ0v) is 16.8. The molecule has 0 bridgehead atoms. The summed E-state index contributed by atoms with van der Waals surface area (Å²) in [6.45, 7) is 8.47. The van der Waals surface area contributed by atoms with Crippen LogP contribution >= 0.6 is 0 Å². The Morgan fingerprint density at radius 3 is 1.71 bits per heavy atom. The first-order valence-electron chi connectivity index (χ1n) is 9.61. The van der Waals surface area contributed by atoms with Gasteiger partial charge < -0.3 is 0 Å². The number of benzene rings is 3. The normalized spacial score (nSPS) is 10.9. The van der Waals surface area contributed by atoms with Gasteiger partial charge in [0.1, 0.15) is 5.69 Å². The highest BCUT2D eigenvalue weighted by Gasteiger charge is 2.14. The molecule has 0 spiro atoms. The Morgan fingerprint density at radius 2 is 1.07 bits per heavy atom. The van der Waals surface area contributed by atoms with E-state index in [2.05, 4.69) is 111 Å². The summed E-state index contributed by atoms with van der Waals surface area (Å²) < 4.78 is 0. The molecule has 28 heavy (non-hydrogen) atoms. The lowest BCUT2D eigenvalue weighted by atomic mass is 9.93. The first kappa shape index (κ1) is 18.1. The van der Waals surface area contributed by atoms with Gasteiger partial charge in [0.05, 0.1) is 5.69 Å². The Morgan fingerprint density at radius 1 is 0.500 bits per heavy atom. The molecule has 1 aromatic heterocycles.